The van der Waals surface area contributed by atoms with E-state index in [-0.39, 0.29) is 34.7 Å². The van der Waals surface area contributed by atoms with Gasteiger partial charge < -0.3 is 10.1 Å². The number of nitrogens with zero attached hydrogens (tertiary/aromatic N) is 2. The van der Waals surface area contributed by atoms with Crippen LogP contribution in [0.5, 0.6) is 11.5 Å². The smallest absolute Gasteiger partial charge is 0.206 e. The number of guanidine groups is 1. The molecule has 0 bridgehead atoms. The summed E-state index contributed by atoms with van der Waals surface area (Å²) in [5.74, 6) is -0.861. The van der Waals surface area contributed by atoms with Gasteiger partial charge in [-0.05, 0) is 49.0 Å². The third-order valence-electron chi connectivity index (χ3n) is 3.71. The highest BCUT2D eigenvalue weighted by Gasteiger charge is 2.23. The first-order valence-electron chi connectivity index (χ1n) is 8.10. The van der Waals surface area contributed by atoms with E-state index in [2.05, 4.69) is 33.3 Å². The van der Waals surface area contributed by atoms with Crippen molar-refractivity contribution in [2.45, 2.75) is 4.90 Å². The number of anilines is 1. The Morgan fingerprint density at radius 1 is 1.28 bits per heavy atom. The number of hydrogen-bond donors (Lipinski definition) is 2. The predicted octanol–water partition coefficient (Wildman–Crippen LogP) is 6.37. The van der Waals surface area contributed by atoms with Crippen molar-refractivity contribution >= 4 is 53.5 Å². The zero-order valence-electron chi connectivity index (χ0n) is 14.8. The van der Waals surface area contributed by atoms with Crippen LogP contribution in [0.1, 0.15) is 0 Å². The molecule has 0 radical (unpaired) electrons. The lowest BCUT2D eigenvalue weighted by atomic mass is 10.2. The molecule has 0 fully saturated rings. The van der Waals surface area contributed by atoms with Crippen LogP contribution in [0.2, 0.25) is 10.0 Å². The Kier molecular flexibility index (Phi) is 6.79. The molecule has 0 aliphatic carbocycles. The van der Waals surface area contributed by atoms with Crippen molar-refractivity contribution in [3.05, 3.63) is 70.4 Å². The number of nitrogens with one attached hydrogen (secondary N) is 2. The van der Waals surface area contributed by atoms with Gasteiger partial charge in [-0.25, -0.2) is 13.8 Å². The third kappa shape index (κ3) is 4.90. The molecule has 3 rings (SSSR count). The van der Waals surface area contributed by atoms with E-state index in [0.29, 0.717) is 15.6 Å². The van der Waals surface area contributed by atoms with Crippen molar-refractivity contribution in [2.24, 2.45) is 9.98 Å². The Bertz CT molecular complexity index is 1040. The van der Waals surface area contributed by atoms with Crippen molar-refractivity contribution in [3.63, 3.8) is 0 Å². The maximum atomic E-state index is 14.5. The number of halogens is 4. The summed E-state index contributed by atoms with van der Waals surface area (Å²) in [6.45, 7) is 6.56. The van der Waals surface area contributed by atoms with E-state index < -0.39 is 11.6 Å². The average Bonchev–Trinajstić information content (AvgIpc) is 2.72. The van der Waals surface area contributed by atoms with E-state index >= 15 is 0 Å². The summed E-state index contributed by atoms with van der Waals surface area (Å²) in [5, 5.41) is 3.60. The van der Waals surface area contributed by atoms with E-state index in [1.807, 2.05) is 0 Å². The summed E-state index contributed by atoms with van der Waals surface area (Å²) in [7, 11) is 0. The average molecular weight is 455 g/mol. The summed E-state index contributed by atoms with van der Waals surface area (Å²) in [5.41, 5.74) is 0.359. The Morgan fingerprint density at radius 2 is 2.07 bits per heavy atom. The summed E-state index contributed by atoms with van der Waals surface area (Å²) >= 11 is 13.3. The molecule has 0 amide bonds. The second kappa shape index (κ2) is 9.30. The van der Waals surface area contributed by atoms with Crippen molar-refractivity contribution in [1.29, 1.82) is 0 Å². The molecule has 10 heteroatoms. The summed E-state index contributed by atoms with van der Waals surface area (Å²) in [4.78, 5) is 8.46. The van der Waals surface area contributed by atoms with Gasteiger partial charge in [-0.15, -0.1) is 0 Å². The van der Waals surface area contributed by atoms with Crippen LogP contribution in [0.4, 0.5) is 14.5 Å². The maximum Gasteiger partial charge on any atom is 0.206 e. The van der Waals surface area contributed by atoms with Gasteiger partial charge in [0.2, 0.25) is 5.96 Å². The molecule has 1 heterocycles. The fraction of sp³-hybridized carbons (Fsp3) is 0.0526. The third-order valence-corrected chi connectivity index (χ3v) is 5.11. The van der Waals surface area contributed by atoms with Crippen LogP contribution in [0, 0.1) is 5.82 Å². The minimum atomic E-state index is -0.626. The summed E-state index contributed by atoms with van der Waals surface area (Å²) < 4.78 is 36.8. The zero-order chi connectivity index (χ0) is 21.0. The number of fused-ring (bicyclic) bond motifs is 1. The SMILES string of the molecule is C=C/C(F)=C(/CN=C1NSc2ccc(F)c(Oc3cc(Cl)ccc3Cl)c2N1)N=C. The van der Waals surface area contributed by atoms with Crippen molar-refractivity contribution in [1.82, 2.24) is 4.72 Å². The van der Waals surface area contributed by atoms with Gasteiger partial charge >= 0.3 is 0 Å². The summed E-state index contributed by atoms with van der Waals surface area (Å²) in [6.07, 6.45) is 1.02. The second-order valence-electron chi connectivity index (χ2n) is 5.58. The monoisotopic (exact) mass is 454 g/mol. The van der Waals surface area contributed by atoms with E-state index in [0.717, 1.165) is 6.08 Å². The minimum Gasteiger partial charge on any atom is -0.450 e. The van der Waals surface area contributed by atoms with Crippen molar-refractivity contribution in [3.8, 4) is 11.5 Å². The van der Waals surface area contributed by atoms with Gasteiger partial charge in [-0.3, -0.25) is 9.71 Å². The Labute approximate surface area is 180 Å². The van der Waals surface area contributed by atoms with Gasteiger partial charge in [0.25, 0.3) is 0 Å². The minimum absolute atomic E-state index is 0.0216. The molecule has 1 aliphatic rings. The lowest BCUT2D eigenvalue weighted by molar-refractivity contribution is 0.443. The fourth-order valence-electron chi connectivity index (χ4n) is 2.30. The summed E-state index contributed by atoms with van der Waals surface area (Å²) in [6, 6.07) is 7.47. The molecule has 0 aromatic heterocycles. The predicted molar refractivity (Wildman–Crippen MR) is 116 cm³/mol. The molecular formula is C19H14Cl2F2N4OS. The number of hydrogen-bond acceptors (Lipinski definition) is 4. The van der Waals surface area contributed by atoms with E-state index in [9.17, 15) is 8.78 Å². The largest absolute Gasteiger partial charge is 0.450 e. The first-order valence-corrected chi connectivity index (χ1v) is 9.67. The number of allylic oxidation sites excluding steroid dienone is 2. The second-order valence-corrected chi connectivity index (χ2v) is 7.27. The van der Waals surface area contributed by atoms with E-state index in [4.69, 9.17) is 27.9 Å². The van der Waals surface area contributed by atoms with Gasteiger partial charge in [0.15, 0.2) is 11.6 Å². The molecule has 0 saturated heterocycles. The van der Waals surface area contributed by atoms with Crippen LogP contribution >= 0.6 is 35.1 Å². The molecule has 0 saturated carbocycles. The molecule has 29 heavy (non-hydrogen) atoms. The molecule has 5 nitrogen and oxygen atoms in total. The number of aliphatic imine (C=N–C) groups is 2. The van der Waals surface area contributed by atoms with Crippen molar-refractivity contribution < 1.29 is 13.5 Å². The van der Waals surface area contributed by atoms with Gasteiger partial charge in [0.05, 0.1) is 22.2 Å². The molecule has 2 aromatic carbocycles. The Balaban J connectivity index is 1.92. The highest BCUT2D eigenvalue weighted by Crippen LogP contribution is 2.42. The lowest BCUT2D eigenvalue weighted by Gasteiger charge is -2.23. The van der Waals surface area contributed by atoms with E-state index in [1.165, 1.54) is 24.1 Å². The Morgan fingerprint density at radius 3 is 2.79 bits per heavy atom. The van der Waals surface area contributed by atoms with Crippen LogP contribution in [0.3, 0.4) is 0 Å². The topological polar surface area (TPSA) is 58.0 Å². The van der Waals surface area contributed by atoms with Crippen LogP contribution in [-0.2, 0) is 0 Å². The van der Waals surface area contributed by atoms with Crippen LogP contribution in [0.25, 0.3) is 0 Å². The standard InChI is InChI=1S/C19H14Cl2F2N4OS/c1-3-12(22)14(24-2)9-25-19-26-17-16(29-27-19)7-6-13(23)18(17)28-15-8-10(20)4-5-11(15)21/h3-8H,1-2,9H2,(H2,25,26,27)/b14-12+. The number of ether oxygens (including phenoxy) is 1. The number of benzene rings is 2. The van der Waals surface area contributed by atoms with Crippen molar-refractivity contribution in [2.75, 3.05) is 11.9 Å². The van der Waals surface area contributed by atoms with Crippen LogP contribution < -0.4 is 14.8 Å². The van der Waals surface area contributed by atoms with Gasteiger partial charge in [0, 0.05) is 11.1 Å². The normalized spacial score (nSPS) is 15.0. The zero-order valence-corrected chi connectivity index (χ0v) is 17.1. The quantitative estimate of drug-likeness (QED) is 0.302. The van der Waals surface area contributed by atoms with E-state index in [1.54, 1.807) is 18.2 Å². The fourth-order valence-corrected chi connectivity index (χ4v) is 3.32. The van der Waals surface area contributed by atoms with Gasteiger partial charge in [0.1, 0.15) is 17.3 Å². The first kappa shape index (κ1) is 21.2. The van der Waals surface area contributed by atoms with Crippen LogP contribution in [-0.4, -0.2) is 19.2 Å². The lowest BCUT2D eigenvalue weighted by Crippen LogP contribution is -2.30. The molecule has 1 aliphatic heterocycles. The molecule has 150 valence electrons. The molecule has 0 atom stereocenters. The highest BCUT2D eigenvalue weighted by molar-refractivity contribution is 7.98. The van der Waals surface area contributed by atoms with Gasteiger partial charge in [-0.2, -0.15) is 0 Å². The molecule has 0 spiro atoms. The molecular weight excluding hydrogens is 441 g/mol. The van der Waals surface area contributed by atoms with Gasteiger partial charge in [-0.1, -0.05) is 29.8 Å². The number of rotatable bonds is 6. The van der Waals surface area contributed by atoms with Crippen LogP contribution in [0.15, 0.2) is 69.4 Å². The highest BCUT2D eigenvalue weighted by atomic mass is 35.5. The molecule has 0 unspecified atom stereocenters. The Hall–Kier alpha value is -2.55. The maximum absolute atomic E-state index is 14.5. The first-order chi connectivity index (χ1) is 13.9. The molecule has 2 N–H and O–H groups in total. The molecule has 2 aromatic rings.